The summed E-state index contributed by atoms with van der Waals surface area (Å²) >= 11 is 0. The lowest BCUT2D eigenvalue weighted by Gasteiger charge is -2.37. The Morgan fingerprint density at radius 3 is 2.58 bits per heavy atom. The van der Waals surface area contributed by atoms with Crippen LogP contribution in [0, 0.1) is 5.92 Å². The van der Waals surface area contributed by atoms with Gasteiger partial charge < -0.3 is 0 Å². The Morgan fingerprint density at radius 2 is 1.84 bits per heavy atom. The van der Waals surface area contributed by atoms with Gasteiger partial charge in [0.15, 0.2) is 0 Å². The molecule has 3 amide bonds. The van der Waals surface area contributed by atoms with Gasteiger partial charge in [-0.3, -0.25) is 19.5 Å². The third-order valence-electron chi connectivity index (χ3n) is 7.15. The number of hydrogen-bond donors (Lipinski definition) is 0. The molecule has 1 saturated carbocycles. The Morgan fingerprint density at radius 1 is 1.10 bits per heavy atom. The predicted octanol–water partition coefficient (Wildman–Crippen LogP) is 2.56. The third kappa shape index (κ3) is 3.54. The second kappa shape index (κ2) is 8.09. The van der Waals surface area contributed by atoms with Crippen molar-refractivity contribution in [3.05, 3.63) is 35.9 Å². The number of urea groups is 1. The lowest BCUT2D eigenvalue weighted by Crippen LogP contribution is -2.64. The first-order chi connectivity index (χ1) is 15.0. The zero-order valence-electron chi connectivity index (χ0n) is 18.5. The molecule has 7 heteroatoms. The Labute approximate surface area is 184 Å². The Bertz CT molecular complexity index is 935. The van der Waals surface area contributed by atoms with E-state index < -0.39 is 6.04 Å². The zero-order valence-corrected chi connectivity index (χ0v) is 18.5. The average Bonchev–Trinajstić information content (AvgIpc) is 3.18. The minimum Gasteiger partial charge on any atom is -0.270 e. The molecule has 0 aromatic heterocycles. The Hall–Kier alpha value is -2.70. The van der Waals surface area contributed by atoms with E-state index in [-0.39, 0.29) is 11.9 Å². The number of carbonyl (C=O) groups is 2. The van der Waals surface area contributed by atoms with Crippen molar-refractivity contribution >= 4 is 23.7 Å². The second-order valence-corrected chi connectivity index (χ2v) is 9.44. The van der Waals surface area contributed by atoms with Gasteiger partial charge in [0.2, 0.25) is 11.9 Å². The molecule has 31 heavy (non-hydrogen) atoms. The topological polar surface area (TPSA) is 59.2 Å². The first kappa shape index (κ1) is 20.2. The van der Waals surface area contributed by atoms with Crippen molar-refractivity contribution in [1.82, 2.24) is 14.7 Å². The average molecular weight is 423 g/mol. The van der Waals surface area contributed by atoms with E-state index in [9.17, 15) is 9.59 Å². The molecule has 2 unspecified atom stereocenters. The number of amidine groups is 1. The van der Waals surface area contributed by atoms with Crippen LogP contribution in [-0.2, 0) is 11.2 Å². The van der Waals surface area contributed by atoms with E-state index in [1.165, 1.54) is 37.0 Å². The van der Waals surface area contributed by atoms with Crippen molar-refractivity contribution in [3.8, 4) is 0 Å². The molecule has 1 aromatic carbocycles. The summed E-state index contributed by atoms with van der Waals surface area (Å²) in [6.45, 7) is 4.42. The van der Waals surface area contributed by atoms with Crippen LogP contribution >= 0.6 is 0 Å². The number of fused-ring (bicyclic) bond motifs is 2. The first-order valence-corrected chi connectivity index (χ1v) is 11.7. The first-order valence-electron chi connectivity index (χ1n) is 11.7. The summed E-state index contributed by atoms with van der Waals surface area (Å²) in [6, 6.07) is 9.75. The fourth-order valence-electron chi connectivity index (χ4n) is 5.53. The van der Waals surface area contributed by atoms with Crippen LogP contribution in [0.15, 0.2) is 35.3 Å². The molecule has 0 radical (unpaired) electrons. The van der Waals surface area contributed by atoms with E-state index in [2.05, 4.69) is 16.4 Å². The number of aliphatic imine (C=N–C) groups is 1. The van der Waals surface area contributed by atoms with Crippen molar-refractivity contribution in [3.63, 3.8) is 0 Å². The molecule has 0 bridgehead atoms. The zero-order chi connectivity index (χ0) is 21.5. The monoisotopic (exact) mass is 422 g/mol. The molecule has 3 aliphatic heterocycles. The van der Waals surface area contributed by atoms with Crippen LogP contribution in [0.3, 0.4) is 0 Å². The second-order valence-electron chi connectivity index (χ2n) is 9.44. The molecule has 0 N–H and O–H groups in total. The predicted molar refractivity (Wildman–Crippen MR) is 119 cm³/mol. The summed E-state index contributed by atoms with van der Waals surface area (Å²) in [6.07, 6.45) is 6.85. The molecular weight excluding hydrogens is 390 g/mol. The summed E-state index contributed by atoms with van der Waals surface area (Å²) < 4.78 is 2.17. The van der Waals surface area contributed by atoms with Crippen molar-refractivity contribution in [2.24, 2.45) is 10.9 Å². The number of benzene rings is 1. The van der Waals surface area contributed by atoms with Crippen LogP contribution in [0.4, 0.5) is 4.79 Å². The number of carbonyl (C=O) groups excluding carboxylic acids is 2. The van der Waals surface area contributed by atoms with Crippen LogP contribution in [-0.4, -0.2) is 81.8 Å². The quantitative estimate of drug-likeness (QED) is 0.701. The molecule has 2 fully saturated rings. The van der Waals surface area contributed by atoms with E-state index >= 15 is 0 Å². The third-order valence-corrected chi connectivity index (χ3v) is 7.15. The summed E-state index contributed by atoms with van der Waals surface area (Å²) in [5.41, 5.74) is 1.12. The maximum atomic E-state index is 13.6. The Balaban J connectivity index is 1.43. The van der Waals surface area contributed by atoms with Gasteiger partial charge in [0, 0.05) is 19.5 Å². The molecule has 0 spiro atoms. The fourth-order valence-corrected chi connectivity index (χ4v) is 5.53. The molecule has 4 aliphatic rings. The SMILES string of the molecule is CC1CN(C2CCCCC2)C2=[N+](C1)C1C(=O)N(CCc3ccccc3)C(=O)N(C)C1=N2. The van der Waals surface area contributed by atoms with E-state index in [0.717, 1.165) is 24.6 Å². The van der Waals surface area contributed by atoms with E-state index in [1.54, 1.807) is 11.9 Å². The van der Waals surface area contributed by atoms with Gasteiger partial charge in [-0.05, 0) is 24.8 Å². The van der Waals surface area contributed by atoms with Crippen LogP contribution in [0.25, 0.3) is 0 Å². The number of hydrogen-bond acceptors (Lipinski definition) is 4. The van der Waals surface area contributed by atoms with Gasteiger partial charge in [0.1, 0.15) is 0 Å². The van der Waals surface area contributed by atoms with Crippen molar-refractivity contribution in [2.75, 3.05) is 26.7 Å². The summed E-state index contributed by atoms with van der Waals surface area (Å²) in [5, 5.41) is 0. The molecule has 7 nitrogen and oxygen atoms in total. The van der Waals surface area contributed by atoms with E-state index in [0.29, 0.717) is 30.8 Å². The summed E-state index contributed by atoms with van der Waals surface area (Å²) in [7, 11) is 1.75. The number of likely N-dealkylation sites (N-methyl/N-ethyl adjacent to an activating group) is 1. The normalized spacial score (nSPS) is 26.9. The Kier molecular flexibility index (Phi) is 5.28. The molecule has 164 valence electrons. The number of rotatable bonds is 4. The van der Waals surface area contributed by atoms with Crippen LogP contribution in [0.2, 0.25) is 0 Å². The van der Waals surface area contributed by atoms with Crippen LogP contribution in [0.1, 0.15) is 44.6 Å². The standard InChI is InChI=1S/C24H32N5O2/c1-17-15-28(19-11-7-4-8-12-19)23-25-21-20(29(23)16-17)22(30)27(24(31)26(21)2)14-13-18-9-5-3-6-10-18/h3,5-6,9-10,17,19-20H,4,7-8,11-16H2,1-2H3/q+1. The van der Waals surface area contributed by atoms with Crippen LogP contribution in [0.5, 0.6) is 0 Å². The molecule has 3 heterocycles. The smallest absolute Gasteiger partial charge is 0.270 e. The molecule has 1 aromatic rings. The van der Waals surface area contributed by atoms with Gasteiger partial charge in [-0.25, -0.2) is 9.37 Å². The maximum absolute atomic E-state index is 13.6. The number of imide groups is 1. The highest BCUT2D eigenvalue weighted by Crippen LogP contribution is 2.30. The molecule has 1 saturated heterocycles. The molecule has 1 aliphatic carbocycles. The largest absolute Gasteiger partial charge is 0.392 e. The summed E-state index contributed by atoms with van der Waals surface area (Å²) in [4.78, 5) is 37.0. The highest BCUT2D eigenvalue weighted by molar-refractivity contribution is 6.22. The van der Waals surface area contributed by atoms with Gasteiger partial charge in [0.05, 0.1) is 19.1 Å². The molecular formula is C24H32N5O2+. The van der Waals surface area contributed by atoms with Gasteiger partial charge in [0.25, 0.3) is 5.91 Å². The van der Waals surface area contributed by atoms with Crippen molar-refractivity contribution in [2.45, 2.75) is 57.5 Å². The van der Waals surface area contributed by atoms with Gasteiger partial charge >= 0.3 is 12.0 Å². The van der Waals surface area contributed by atoms with Crippen molar-refractivity contribution < 1.29 is 14.2 Å². The number of guanidine groups is 1. The van der Waals surface area contributed by atoms with E-state index in [4.69, 9.17) is 4.99 Å². The fraction of sp³-hybridized carbons (Fsp3) is 0.583. The highest BCUT2D eigenvalue weighted by atomic mass is 16.2. The van der Waals surface area contributed by atoms with Gasteiger partial charge in [-0.2, -0.15) is 0 Å². The lowest BCUT2D eigenvalue weighted by molar-refractivity contribution is -0.552. The maximum Gasteiger partial charge on any atom is 0.392 e. The lowest BCUT2D eigenvalue weighted by atomic mass is 9.93. The van der Waals surface area contributed by atoms with Crippen molar-refractivity contribution in [1.29, 1.82) is 0 Å². The van der Waals surface area contributed by atoms with E-state index in [1.807, 2.05) is 30.3 Å². The minimum atomic E-state index is -0.484. The minimum absolute atomic E-state index is 0.134. The number of nitrogens with zero attached hydrogens (tertiary/aromatic N) is 5. The van der Waals surface area contributed by atoms with Crippen LogP contribution < -0.4 is 0 Å². The van der Waals surface area contributed by atoms with Gasteiger partial charge in [-0.15, -0.1) is 0 Å². The molecule has 2 atom stereocenters. The molecule has 5 rings (SSSR count). The summed E-state index contributed by atoms with van der Waals surface area (Å²) in [5.74, 6) is 1.82. The number of amides is 3. The highest BCUT2D eigenvalue weighted by Gasteiger charge is 2.55. The van der Waals surface area contributed by atoms with Gasteiger partial charge in [-0.1, -0.05) is 61.5 Å².